The van der Waals surface area contributed by atoms with E-state index in [-0.39, 0.29) is 23.7 Å². The predicted octanol–water partition coefficient (Wildman–Crippen LogP) is 3.30. The van der Waals surface area contributed by atoms with Crippen molar-refractivity contribution in [3.8, 4) is 11.5 Å². The van der Waals surface area contributed by atoms with Crippen LogP contribution in [0.2, 0.25) is 0 Å². The molecule has 0 bridgehead atoms. The Morgan fingerprint density at radius 2 is 1.97 bits per heavy atom. The van der Waals surface area contributed by atoms with Crippen LogP contribution < -0.4 is 9.47 Å². The molecule has 0 aromatic heterocycles. The molecule has 1 atom stereocenters. The van der Waals surface area contributed by atoms with E-state index in [1.165, 1.54) is 0 Å². The molecule has 168 valence electrons. The summed E-state index contributed by atoms with van der Waals surface area (Å²) >= 11 is 0. The molecule has 2 fully saturated rings. The van der Waals surface area contributed by atoms with Crippen LogP contribution in [0.3, 0.4) is 0 Å². The summed E-state index contributed by atoms with van der Waals surface area (Å²) < 4.78 is 28.6. The summed E-state index contributed by atoms with van der Waals surface area (Å²) in [6.45, 7) is 7.29. The van der Waals surface area contributed by atoms with Gasteiger partial charge in [-0.1, -0.05) is 6.07 Å². The number of nitrogens with zero attached hydrogens (tertiary/aromatic N) is 1. The van der Waals surface area contributed by atoms with Gasteiger partial charge in [0.05, 0.1) is 50.8 Å². The van der Waals surface area contributed by atoms with Gasteiger partial charge in [-0.15, -0.1) is 0 Å². The molecule has 0 aliphatic carbocycles. The summed E-state index contributed by atoms with van der Waals surface area (Å²) in [6.07, 6.45) is 3.82. The molecule has 1 unspecified atom stereocenters. The van der Waals surface area contributed by atoms with Crippen molar-refractivity contribution >= 4 is 5.91 Å². The standard InChI is InChI=1S/C23H35NO6/c1-17(2)28-14-15-29-18-8-13-30-23(16-18)9-11-24(12-10-23)22(25)19-6-5-7-20(26-3)21(19)27-4/h5-7,17-18H,8-16H2,1-4H3. The summed E-state index contributed by atoms with van der Waals surface area (Å²) in [5, 5.41) is 0. The molecule has 1 spiro atoms. The van der Waals surface area contributed by atoms with Gasteiger partial charge in [-0.25, -0.2) is 0 Å². The highest BCUT2D eigenvalue weighted by Crippen LogP contribution is 2.37. The fourth-order valence-electron chi connectivity index (χ4n) is 4.32. The minimum atomic E-state index is -0.197. The molecule has 2 aliphatic heterocycles. The Morgan fingerprint density at radius 3 is 2.63 bits per heavy atom. The van der Waals surface area contributed by atoms with E-state index in [1.807, 2.05) is 24.8 Å². The van der Waals surface area contributed by atoms with E-state index in [0.29, 0.717) is 50.0 Å². The van der Waals surface area contributed by atoms with E-state index >= 15 is 0 Å². The van der Waals surface area contributed by atoms with E-state index in [9.17, 15) is 4.79 Å². The van der Waals surface area contributed by atoms with Crippen LogP contribution in [-0.4, -0.2) is 75.7 Å². The number of hydrogen-bond donors (Lipinski definition) is 0. The van der Waals surface area contributed by atoms with Gasteiger partial charge < -0.3 is 28.6 Å². The van der Waals surface area contributed by atoms with E-state index in [0.717, 1.165) is 25.7 Å². The lowest BCUT2D eigenvalue weighted by Crippen LogP contribution is -2.52. The van der Waals surface area contributed by atoms with E-state index in [2.05, 4.69) is 0 Å². The topological polar surface area (TPSA) is 66.5 Å². The van der Waals surface area contributed by atoms with Crippen LogP contribution in [-0.2, 0) is 14.2 Å². The van der Waals surface area contributed by atoms with Crippen molar-refractivity contribution in [2.24, 2.45) is 0 Å². The van der Waals surface area contributed by atoms with E-state index < -0.39 is 0 Å². The minimum absolute atomic E-state index is 0.0324. The van der Waals surface area contributed by atoms with E-state index in [1.54, 1.807) is 26.4 Å². The van der Waals surface area contributed by atoms with Crippen LogP contribution in [0.1, 0.15) is 49.9 Å². The predicted molar refractivity (Wildman–Crippen MR) is 113 cm³/mol. The number of benzene rings is 1. The maximum Gasteiger partial charge on any atom is 0.257 e. The average Bonchev–Trinajstić information content (AvgIpc) is 2.76. The Hall–Kier alpha value is -1.83. The summed E-state index contributed by atoms with van der Waals surface area (Å²) in [4.78, 5) is 15.0. The zero-order chi connectivity index (χ0) is 21.6. The van der Waals surface area contributed by atoms with Gasteiger partial charge in [-0.2, -0.15) is 0 Å². The normalized spacial score (nSPS) is 21.1. The summed E-state index contributed by atoms with van der Waals surface area (Å²) in [7, 11) is 3.13. The highest BCUT2D eigenvalue weighted by molar-refractivity contribution is 5.97. The third-order valence-electron chi connectivity index (χ3n) is 5.93. The zero-order valence-corrected chi connectivity index (χ0v) is 18.6. The fourth-order valence-corrected chi connectivity index (χ4v) is 4.32. The largest absolute Gasteiger partial charge is 0.493 e. The summed E-state index contributed by atoms with van der Waals surface area (Å²) in [5.74, 6) is 1.01. The quantitative estimate of drug-likeness (QED) is 0.600. The molecule has 2 heterocycles. The number of piperidine rings is 1. The highest BCUT2D eigenvalue weighted by atomic mass is 16.5. The third kappa shape index (κ3) is 5.45. The number of para-hydroxylation sites is 1. The van der Waals surface area contributed by atoms with E-state index in [4.69, 9.17) is 23.7 Å². The second kappa shape index (κ2) is 10.5. The molecule has 1 amide bonds. The zero-order valence-electron chi connectivity index (χ0n) is 18.6. The minimum Gasteiger partial charge on any atom is -0.493 e. The molecular formula is C23H35NO6. The van der Waals surface area contributed by atoms with Crippen LogP contribution >= 0.6 is 0 Å². The number of hydrogen-bond acceptors (Lipinski definition) is 6. The molecule has 1 aromatic rings. The third-order valence-corrected chi connectivity index (χ3v) is 5.93. The van der Waals surface area contributed by atoms with Crippen LogP contribution in [0.15, 0.2) is 18.2 Å². The van der Waals surface area contributed by atoms with Gasteiger partial charge in [-0.05, 0) is 45.2 Å². The number of rotatable bonds is 8. The van der Waals surface area contributed by atoms with Crippen LogP contribution in [0.5, 0.6) is 11.5 Å². The fraction of sp³-hybridized carbons (Fsp3) is 0.696. The van der Waals surface area contributed by atoms with Crippen LogP contribution in [0.4, 0.5) is 0 Å². The molecule has 3 rings (SSSR count). The van der Waals surface area contributed by atoms with Gasteiger partial charge in [-0.3, -0.25) is 4.79 Å². The van der Waals surface area contributed by atoms with Gasteiger partial charge in [0.25, 0.3) is 5.91 Å². The molecule has 1 aromatic carbocycles. The average molecular weight is 422 g/mol. The first-order valence-electron chi connectivity index (χ1n) is 10.9. The first-order chi connectivity index (χ1) is 14.5. The Labute approximate surface area is 179 Å². The Bertz CT molecular complexity index is 699. The molecule has 0 saturated carbocycles. The number of amides is 1. The maximum absolute atomic E-state index is 13.1. The van der Waals surface area contributed by atoms with Crippen molar-refractivity contribution < 1.29 is 28.5 Å². The highest BCUT2D eigenvalue weighted by Gasteiger charge is 2.42. The number of carbonyl (C=O) groups is 1. The molecule has 2 aliphatic rings. The van der Waals surface area contributed by atoms with Crippen molar-refractivity contribution in [1.29, 1.82) is 0 Å². The SMILES string of the molecule is COc1cccc(C(=O)N2CCC3(CC2)CC(OCCOC(C)C)CCO3)c1OC. The number of methoxy groups -OCH3 is 2. The monoisotopic (exact) mass is 421 g/mol. The molecule has 0 radical (unpaired) electrons. The van der Waals surface area contributed by atoms with Gasteiger partial charge in [0.2, 0.25) is 0 Å². The Balaban J connectivity index is 1.56. The first kappa shape index (κ1) is 22.8. The lowest BCUT2D eigenvalue weighted by molar-refractivity contribution is -0.156. The number of ether oxygens (including phenoxy) is 5. The van der Waals surface area contributed by atoms with Gasteiger partial charge in [0.1, 0.15) is 0 Å². The second-order valence-corrected chi connectivity index (χ2v) is 8.27. The molecule has 30 heavy (non-hydrogen) atoms. The van der Waals surface area contributed by atoms with Crippen molar-refractivity contribution in [3.05, 3.63) is 23.8 Å². The van der Waals surface area contributed by atoms with Crippen LogP contribution in [0.25, 0.3) is 0 Å². The molecule has 2 saturated heterocycles. The Kier molecular flexibility index (Phi) is 7.97. The molecule has 7 nitrogen and oxygen atoms in total. The number of carbonyl (C=O) groups excluding carboxylic acids is 1. The maximum atomic E-state index is 13.1. The lowest BCUT2D eigenvalue weighted by atomic mass is 9.83. The lowest BCUT2D eigenvalue weighted by Gasteiger charge is -2.46. The van der Waals surface area contributed by atoms with Crippen molar-refractivity contribution in [2.75, 3.05) is 47.1 Å². The summed E-state index contributed by atoms with van der Waals surface area (Å²) in [5.41, 5.74) is 0.334. The molecule has 0 N–H and O–H groups in total. The Morgan fingerprint density at radius 1 is 1.20 bits per heavy atom. The second-order valence-electron chi connectivity index (χ2n) is 8.27. The van der Waals surface area contributed by atoms with Crippen molar-refractivity contribution in [3.63, 3.8) is 0 Å². The van der Waals surface area contributed by atoms with Gasteiger partial charge in [0.15, 0.2) is 11.5 Å². The smallest absolute Gasteiger partial charge is 0.257 e. The van der Waals surface area contributed by atoms with Crippen molar-refractivity contribution in [1.82, 2.24) is 4.90 Å². The van der Waals surface area contributed by atoms with Gasteiger partial charge in [0, 0.05) is 26.1 Å². The molecular weight excluding hydrogens is 386 g/mol. The summed E-state index contributed by atoms with van der Waals surface area (Å²) in [6, 6.07) is 5.40. The molecule has 7 heteroatoms. The van der Waals surface area contributed by atoms with Crippen molar-refractivity contribution in [2.45, 2.75) is 57.3 Å². The first-order valence-corrected chi connectivity index (χ1v) is 10.9. The van der Waals surface area contributed by atoms with Gasteiger partial charge >= 0.3 is 0 Å². The number of likely N-dealkylation sites (tertiary alicyclic amines) is 1. The van der Waals surface area contributed by atoms with Crippen LogP contribution in [0, 0.1) is 0 Å².